The molecule has 108 valence electrons. The van der Waals surface area contributed by atoms with E-state index >= 15 is 0 Å². The summed E-state index contributed by atoms with van der Waals surface area (Å²) in [6.45, 7) is 1.92. The summed E-state index contributed by atoms with van der Waals surface area (Å²) in [6, 6.07) is 4.26. The van der Waals surface area contributed by atoms with Gasteiger partial charge in [-0.05, 0) is 24.3 Å². The first-order chi connectivity index (χ1) is 9.58. The summed E-state index contributed by atoms with van der Waals surface area (Å²) in [6.07, 6.45) is -0.124. The minimum Gasteiger partial charge on any atom is -0.480 e. The number of hydrogen-bond donors (Lipinski definition) is 1. The quantitative estimate of drug-likeness (QED) is 0.821. The third kappa shape index (κ3) is 3.61. The van der Waals surface area contributed by atoms with Crippen LogP contribution in [-0.2, 0) is 9.53 Å². The number of ketones is 1. The number of Topliss-reactive ketones (excluding diaryl/α,β-unsaturated/α-hetero) is 1. The Morgan fingerprint density at radius 1 is 1.25 bits per heavy atom. The minimum absolute atomic E-state index is 0.124. The number of carboxylic acids is 1. The molecular formula is C14H16FNO4. The van der Waals surface area contributed by atoms with E-state index in [1.807, 2.05) is 0 Å². The Labute approximate surface area is 116 Å². The van der Waals surface area contributed by atoms with E-state index < -0.39 is 17.8 Å². The standard InChI is InChI=1S/C14H16FNO4/c15-11-3-1-10(2-4-11)13(17)9-12(14(18)19)16-5-7-20-8-6-16/h1-4,12H,5-9H2,(H,18,19)/t12-/m1/s1. The predicted octanol–water partition coefficient (Wildman–Crippen LogP) is 1.18. The Morgan fingerprint density at radius 3 is 2.40 bits per heavy atom. The lowest BCUT2D eigenvalue weighted by atomic mass is 10.0. The lowest BCUT2D eigenvalue weighted by Gasteiger charge is -2.31. The molecule has 0 bridgehead atoms. The first-order valence-corrected chi connectivity index (χ1v) is 6.41. The Morgan fingerprint density at radius 2 is 1.85 bits per heavy atom. The fourth-order valence-electron chi connectivity index (χ4n) is 2.19. The van der Waals surface area contributed by atoms with Crippen LogP contribution in [0.1, 0.15) is 16.8 Å². The Bertz CT molecular complexity index is 482. The number of carboxylic acid groups (broad SMARTS) is 1. The van der Waals surface area contributed by atoms with Crippen LogP contribution in [0.3, 0.4) is 0 Å². The second-order valence-corrected chi connectivity index (χ2v) is 4.64. The highest BCUT2D eigenvalue weighted by Gasteiger charge is 2.29. The van der Waals surface area contributed by atoms with Crippen molar-refractivity contribution in [3.05, 3.63) is 35.6 Å². The van der Waals surface area contributed by atoms with Gasteiger partial charge in [0.2, 0.25) is 0 Å². The Hall–Kier alpha value is -1.79. The number of benzene rings is 1. The number of nitrogens with zero attached hydrogens (tertiary/aromatic N) is 1. The molecule has 0 spiro atoms. The molecule has 1 aromatic carbocycles. The molecule has 0 saturated carbocycles. The Balaban J connectivity index is 2.05. The molecule has 0 aliphatic carbocycles. The van der Waals surface area contributed by atoms with Gasteiger partial charge in [-0.2, -0.15) is 0 Å². The normalized spacial score (nSPS) is 17.6. The van der Waals surface area contributed by atoms with Crippen molar-refractivity contribution >= 4 is 11.8 Å². The van der Waals surface area contributed by atoms with Crippen molar-refractivity contribution in [3.63, 3.8) is 0 Å². The molecule has 0 amide bonds. The molecule has 20 heavy (non-hydrogen) atoms. The van der Waals surface area contributed by atoms with Crippen LogP contribution in [0.15, 0.2) is 24.3 Å². The van der Waals surface area contributed by atoms with Gasteiger partial charge in [-0.25, -0.2) is 4.39 Å². The predicted molar refractivity (Wildman–Crippen MR) is 69.2 cm³/mol. The molecule has 6 heteroatoms. The van der Waals surface area contributed by atoms with E-state index in [1.165, 1.54) is 24.3 Å². The highest BCUT2D eigenvalue weighted by molar-refractivity contribution is 5.98. The monoisotopic (exact) mass is 281 g/mol. The van der Waals surface area contributed by atoms with Gasteiger partial charge in [0, 0.05) is 25.1 Å². The second-order valence-electron chi connectivity index (χ2n) is 4.64. The van der Waals surface area contributed by atoms with Gasteiger partial charge < -0.3 is 9.84 Å². The number of halogens is 1. The van der Waals surface area contributed by atoms with Gasteiger partial charge in [0.05, 0.1) is 13.2 Å². The SMILES string of the molecule is O=C(C[C@H](C(=O)O)N1CCOCC1)c1ccc(F)cc1. The molecule has 1 aliphatic rings. The molecule has 1 N–H and O–H groups in total. The van der Waals surface area contributed by atoms with E-state index in [4.69, 9.17) is 4.74 Å². The molecule has 1 saturated heterocycles. The molecule has 0 unspecified atom stereocenters. The molecular weight excluding hydrogens is 265 g/mol. The van der Waals surface area contributed by atoms with Crippen LogP contribution in [-0.4, -0.2) is 54.1 Å². The van der Waals surface area contributed by atoms with Crippen LogP contribution in [0.4, 0.5) is 4.39 Å². The van der Waals surface area contributed by atoms with Gasteiger partial charge in [0.25, 0.3) is 0 Å². The zero-order valence-electron chi connectivity index (χ0n) is 10.9. The summed E-state index contributed by atoms with van der Waals surface area (Å²) in [4.78, 5) is 25.1. The summed E-state index contributed by atoms with van der Waals surface area (Å²) >= 11 is 0. The number of hydrogen-bond acceptors (Lipinski definition) is 4. The molecule has 0 radical (unpaired) electrons. The van der Waals surface area contributed by atoms with Crippen molar-refractivity contribution in [2.24, 2.45) is 0 Å². The highest BCUT2D eigenvalue weighted by atomic mass is 19.1. The molecule has 2 rings (SSSR count). The van der Waals surface area contributed by atoms with Crippen LogP contribution in [0.2, 0.25) is 0 Å². The number of morpholine rings is 1. The van der Waals surface area contributed by atoms with E-state index in [9.17, 15) is 19.1 Å². The smallest absolute Gasteiger partial charge is 0.321 e. The number of ether oxygens (including phenoxy) is 1. The van der Waals surface area contributed by atoms with Gasteiger partial charge in [0.15, 0.2) is 5.78 Å². The van der Waals surface area contributed by atoms with Gasteiger partial charge >= 0.3 is 5.97 Å². The maximum Gasteiger partial charge on any atom is 0.321 e. The zero-order valence-corrected chi connectivity index (χ0v) is 10.9. The third-order valence-corrected chi connectivity index (χ3v) is 3.32. The van der Waals surface area contributed by atoms with Gasteiger partial charge in [-0.3, -0.25) is 14.5 Å². The first-order valence-electron chi connectivity index (χ1n) is 6.41. The van der Waals surface area contributed by atoms with E-state index in [-0.39, 0.29) is 12.2 Å². The summed E-state index contributed by atoms with van der Waals surface area (Å²) in [5, 5.41) is 9.27. The number of carbonyl (C=O) groups excluding carboxylic acids is 1. The average Bonchev–Trinajstić information content (AvgIpc) is 2.46. The fraction of sp³-hybridized carbons (Fsp3) is 0.429. The molecule has 1 aliphatic heterocycles. The van der Waals surface area contributed by atoms with E-state index in [2.05, 4.69) is 0 Å². The van der Waals surface area contributed by atoms with E-state index in [0.717, 1.165) is 0 Å². The molecule has 1 fully saturated rings. The third-order valence-electron chi connectivity index (χ3n) is 3.32. The van der Waals surface area contributed by atoms with E-state index in [0.29, 0.717) is 31.9 Å². The van der Waals surface area contributed by atoms with Crippen molar-refractivity contribution in [1.29, 1.82) is 0 Å². The fourth-order valence-corrected chi connectivity index (χ4v) is 2.19. The summed E-state index contributed by atoms with van der Waals surface area (Å²) in [7, 11) is 0. The molecule has 1 heterocycles. The summed E-state index contributed by atoms with van der Waals surface area (Å²) in [5.41, 5.74) is 0.325. The number of carbonyl (C=O) groups is 2. The van der Waals surface area contributed by atoms with Crippen molar-refractivity contribution in [2.75, 3.05) is 26.3 Å². The molecule has 5 nitrogen and oxygen atoms in total. The van der Waals surface area contributed by atoms with E-state index in [1.54, 1.807) is 4.90 Å². The van der Waals surface area contributed by atoms with Crippen LogP contribution in [0.5, 0.6) is 0 Å². The van der Waals surface area contributed by atoms with Crippen LogP contribution in [0, 0.1) is 5.82 Å². The summed E-state index contributed by atoms with van der Waals surface area (Å²) in [5.74, 6) is -1.75. The summed E-state index contributed by atoms with van der Waals surface area (Å²) < 4.78 is 18.0. The first kappa shape index (κ1) is 14.6. The highest BCUT2D eigenvalue weighted by Crippen LogP contribution is 2.13. The number of rotatable bonds is 5. The van der Waals surface area contributed by atoms with Crippen molar-refractivity contribution < 1.29 is 23.8 Å². The topological polar surface area (TPSA) is 66.8 Å². The average molecular weight is 281 g/mol. The van der Waals surface area contributed by atoms with Crippen LogP contribution in [0.25, 0.3) is 0 Å². The van der Waals surface area contributed by atoms with Gasteiger partial charge in [0.1, 0.15) is 11.9 Å². The zero-order chi connectivity index (χ0) is 14.5. The lowest BCUT2D eigenvalue weighted by molar-refractivity contribution is -0.144. The molecule has 1 aromatic rings. The van der Waals surface area contributed by atoms with Crippen molar-refractivity contribution in [2.45, 2.75) is 12.5 Å². The van der Waals surface area contributed by atoms with Crippen LogP contribution >= 0.6 is 0 Å². The maximum atomic E-state index is 12.8. The lowest BCUT2D eigenvalue weighted by Crippen LogP contribution is -2.48. The maximum absolute atomic E-state index is 12.8. The molecule has 1 atom stereocenters. The van der Waals surface area contributed by atoms with Crippen molar-refractivity contribution in [1.82, 2.24) is 4.90 Å². The largest absolute Gasteiger partial charge is 0.480 e. The van der Waals surface area contributed by atoms with Gasteiger partial charge in [-0.1, -0.05) is 0 Å². The van der Waals surface area contributed by atoms with Crippen LogP contribution < -0.4 is 0 Å². The second kappa shape index (κ2) is 6.58. The number of aliphatic carboxylic acids is 1. The minimum atomic E-state index is -1.03. The van der Waals surface area contributed by atoms with Crippen molar-refractivity contribution in [3.8, 4) is 0 Å². The van der Waals surface area contributed by atoms with Gasteiger partial charge in [-0.15, -0.1) is 0 Å². The Kier molecular flexibility index (Phi) is 4.81. The molecule has 0 aromatic heterocycles.